The Bertz CT molecular complexity index is 728. The Morgan fingerprint density at radius 2 is 1.38 bits per heavy atom. The third kappa shape index (κ3) is 7.74. The maximum absolute atomic E-state index is 6.49. The monoisotopic (exact) mass is 418 g/mol. The number of benzene rings is 2. The minimum Gasteiger partial charge on any atom is -0.493 e. The molecule has 0 aliphatic heterocycles. The van der Waals surface area contributed by atoms with Crippen molar-refractivity contribution < 1.29 is 9.47 Å². The van der Waals surface area contributed by atoms with E-state index < -0.39 is 0 Å². The molecule has 3 heteroatoms. The Labute approximate surface area is 182 Å². The zero-order chi connectivity index (χ0) is 21.1. The normalized spacial score (nSPS) is 13.4. The summed E-state index contributed by atoms with van der Waals surface area (Å²) in [5.41, 5.74) is 0. The molecule has 0 N–H and O–H groups in total. The summed E-state index contributed by atoms with van der Waals surface area (Å²) in [6.07, 6.45) is 9.76. The number of unbranched alkanes of at least 4 members (excludes halogenated alkanes) is 2. The molecule has 0 aromatic heterocycles. The predicted molar refractivity (Wildman–Crippen MR) is 127 cm³/mol. The number of rotatable bonds is 14. The van der Waals surface area contributed by atoms with Gasteiger partial charge < -0.3 is 9.47 Å². The Morgan fingerprint density at radius 3 is 1.97 bits per heavy atom. The van der Waals surface area contributed by atoms with Gasteiger partial charge in [-0.15, -0.1) is 0 Å². The summed E-state index contributed by atoms with van der Waals surface area (Å²) < 4.78 is 12.2. The van der Waals surface area contributed by atoms with Crippen LogP contribution in [0, 0.1) is 11.8 Å². The molecular formula is C26H39ClO2. The lowest BCUT2D eigenvalue weighted by Gasteiger charge is -2.17. The molecule has 0 fully saturated rings. The maximum atomic E-state index is 6.49. The highest BCUT2D eigenvalue weighted by molar-refractivity contribution is 6.32. The fourth-order valence-corrected chi connectivity index (χ4v) is 3.87. The molecule has 0 radical (unpaired) electrons. The van der Waals surface area contributed by atoms with E-state index in [0.717, 1.165) is 48.3 Å². The van der Waals surface area contributed by atoms with Crippen molar-refractivity contribution in [1.29, 1.82) is 0 Å². The van der Waals surface area contributed by atoms with Crippen LogP contribution in [0.4, 0.5) is 0 Å². The van der Waals surface area contributed by atoms with E-state index in [1.54, 1.807) is 0 Å². The third-order valence-corrected chi connectivity index (χ3v) is 6.20. The van der Waals surface area contributed by atoms with Crippen molar-refractivity contribution in [3.63, 3.8) is 0 Å². The van der Waals surface area contributed by atoms with Crippen LogP contribution in [0.1, 0.15) is 79.1 Å². The lowest BCUT2D eigenvalue weighted by atomic mass is 10.0. The van der Waals surface area contributed by atoms with Gasteiger partial charge >= 0.3 is 0 Å². The highest BCUT2D eigenvalue weighted by atomic mass is 35.5. The number of fused-ring (bicyclic) bond motifs is 1. The Kier molecular flexibility index (Phi) is 10.7. The number of ether oxygens (including phenoxy) is 2. The molecule has 162 valence electrons. The molecule has 2 nitrogen and oxygen atoms in total. The third-order valence-electron chi connectivity index (χ3n) is 5.91. The van der Waals surface area contributed by atoms with Gasteiger partial charge in [0.15, 0.2) is 0 Å². The van der Waals surface area contributed by atoms with E-state index in [1.165, 1.54) is 38.5 Å². The summed E-state index contributed by atoms with van der Waals surface area (Å²) in [4.78, 5) is 0. The van der Waals surface area contributed by atoms with E-state index in [4.69, 9.17) is 21.1 Å². The van der Waals surface area contributed by atoms with Crippen molar-refractivity contribution in [1.82, 2.24) is 0 Å². The minimum atomic E-state index is 0.588. The first-order valence-electron chi connectivity index (χ1n) is 11.6. The largest absolute Gasteiger partial charge is 0.493 e. The average Bonchev–Trinajstić information content (AvgIpc) is 2.74. The zero-order valence-corrected chi connectivity index (χ0v) is 19.6. The molecule has 2 aromatic carbocycles. The van der Waals surface area contributed by atoms with Crippen LogP contribution in [-0.2, 0) is 0 Å². The quantitative estimate of drug-likeness (QED) is 0.305. The fourth-order valence-electron chi connectivity index (χ4n) is 3.65. The highest BCUT2D eigenvalue weighted by Crippen LogP contribution is 2.33. The second kappa shape index (κ2) is 13.0. The second-order valence-electron chi connectivity index (χ2n) is 8.25. The average molecular weight is 419 g/mol. The Morgan fingerprint density at radius 1 is 0.759 bits per heavy atom. The van der Waals surface area contributed by atoms with Crippen LogP contribution >= 0.6 is 11.6 Å². The van der Waals surface area contributed by atoms with Crippen LogP contribution in [0.3, 0.4) is 0 Å². The van der Waals surface area contributed by atoms with Crippen LogP contribution in [0.25, 0.3) is 10.8 Å². The van der Waals surface area contributed by atoms with Crippen molar-refractivity contribution in [2.75, 3.05) is 13.2 Å². The van der Waals surface area contributed by atoms with E-state index in [2.05, 4.69) is 45.9 Å². The first-order valence-corrected chi connectivity index (χ1v) is 12.0. The maximum Gasteiger partial charge on any atom is 0.138 e. The number of hydrogen-bond acceptors (Lipinski definition) is 2. The zero-order valence-electron chi connectivity index (χ0n) is 18.8. The molecule has 0 spiro atoms. The van der Waals surface area contributed by atoms with Gasteiger partial charge in [0.2, 0.25) is 0 Å². The van der Waals surface area contributed by atoms with E-state index in [1.807, 2.05) is 12.1 Å². The predicted octanol–water partition coefficient (Wildman–Crippen LogP) is 8.68. The summed E-state index contributed by atoms with van der Waals surface area (Å²) in [7, 11) is 0. The smallest absolute Gasteiger partial charge is 0.138 e. The highest BCUT2D eigenvalue weighted by Gasteiger charge is 2.11. The Hall–Kier alpha value is -1.41. The van der Waals surface area contributed by atoms with Gasteiger partial charge in [0.25, 0.3) is 0 Å². The number of hydrogen-bond donors (Lipinski definition) is 0. The molecule has 0 aliphatic rings. The van der Waals surface area contributed by atoms with Gasteiger partial charge in [0.05, 0.1) is 18.2 Å². The topological polar surface area (TPSA) is 18.5 Å². The SMILES string of the molecule is CCCCC(CC)COc1ccc2cc(Cl)c(OCC(CC)CCCC)cc2c1. The molecule has 0 saturated heterocycles. The van der Waals surface area contributed by atoms with Gasteiger partial charge in [-0.1, -0.05) is 83.9 Å². The molecular weight excluding hydrogens is 380 g/mol. The van der Waals surface area contributed by atoms with Gasteiger partial charge in [-0.3, -0.25) is 0 Å². The summed E-state index contributed by atoms with van der Waals surface area (Å²) in [5.74, 6) is 2.92. The molecule has 0 aliphatic carbocycles. The van der Waals surface area contributed by atoms with Crippen LogP contribution in [0.2, 0.25) is 5.02 Å². The van der Waals surface area contributed by atoms with E-state index >= 15 is 0 Å². The van der Waals surface area contributed by atoms with E-state index in [-0.39, 0.29) is 0 Å². The van der Waals surface area contributed by atoms with Crippen molar-refractivity contribution in [3.05, 3.63) is 35.4 Å². The van der Waals surface area contributed by atoms with Crippen LogP contribution in [0.15, 0.2) is 30.3 Å². The Balaban J connectivity index is 2.05. The van der Waals surface area contributed by atoms with Crippen molar-refractivity contribution in [3.8, 4) is 11.5 Å². The summed E-state index contributed by atoms with van der Waals surface area (Å²) in [6, 6.07) is 10.3. The summed E-state index contributed by atoms with van der Waals surface area (Å²) in [5, 5.41) is 2.91. The van der Waals surface area contributed by atoms with E-state index in [9.17, 15) is 0 Å². The molecule has 0 amide bonds. The molecule has 0 saturated carbocycles. The second-order valence-corrected chi connectivity index (χ2v) is 8.65. The molecule has 0 bridgehead atoms. The van der Waals surface area contributed by atoms with E-state index in [0.29, 0.717) is 16.9 Å². The lowest BCUT2D eigenvalue weighted by molar-refractivity contribution is 0.233. The van der Waals surface area contributed by atoms with Crippen LogP contribution in [-0.4, -0.2) is 13.2 Å². The minimum absolute atomic E-state index is 0.588. The molecule has 2 aromatic rings. The first kappa shape index (κ1) is 23.9. The van der Waals surface area contributed by atoms with Crippen molar-refractivity contribution in [2.24, 2.45) is 11.8 Å². The summed E-state index contributed by atoms with van der Waals surface area (Å²) in [6.45, 7) is 10.5. The van der Waals surface area contributed by atoms with Gasteiger partial charge in [-0.2, -0.15) is 0 Å². The lowest BCUT2D eigenvalue weighted by Crippen LogP contribution is -2.11. The first-order chi connectivity index (χ1) is 14.1. The van der Waals surface area contributed by atoms with Gasteiger partial charge in [0.1, 0.15) is 11.5 Å². The molecule has 2 atom stereocenters. The standard InChI is InChI=1S/C26H39ClO2/c1-5-9-11-20(7-3)18-28-24-14-13-22-16-25(27)26(17-23(22)15-24)29-19-21(8-4)12-10-6-2/h13-17,20-21H,5-12,18-19H2,1-4H3. The molecule has 0 heterocycles. The molecule has 2 unspecified atom stereocenters. The van der Waals surface area contributed by atoms with Gasteiger partial charge in [-0.05, 0) is 59.7 Å². The number of halogens is 1. The van der Waals surface area contributed by atoms with Gasteiger partial charge in [0, 0.05) is 0 Å². The van der Waals surface area contributed by atoms with Crippen LogP contribution in [0.5, 0.6) is 11.5 Å². The molecule has 29 heavy (non-hydrogen) atoms. The fraction of sp³-hybridized carbons (Fsp3) is 0.615. The van der Waals surface area contributed by atoms with Gasteiger partial charge in [-0.25, -0.2) is 0 Å². The van der Waals surface area contributed by atoms with Crippen LogP contribution < -0.4 is 9.47 Å². The molecule has 2 rings (SSSR count). The van der Waals surface area contributed by atoms with Crippen molar-refractivity contribution in [2.45, 2.75) is 79.1 Å². The summed E-state index contributed by atoms with van der Waals surface area (Å²) >= 11 is 6.49. The van der Waals surface area contributed by atoms with Crippen molar-refractivity contribution >= 4 is 22.4 Å².